The van der Waals surface area contributed by atoms with Crippen LogP contribution in [0.4, 0.5) is 0 Å². The fourth-order valence-electron chi connectivity index (χ4n) is 3.79. The minimum atomic E-state index is 0.502. The third kappa shape index (κ3) is 2.59. The van der Waals surface area contributed by atoms with Gasteiger partial charge in [-0.2, -0.15) is 0 Å². The topological polar surface area (TPSA) is 0 Å². The van der Waals surface area contributed by atoms with Crippen LogP contribution in [0, 0.1) is 6.92 Å². The lowest BCUT2D eigenvalue weighted by Gasteiger charge is -2.10. The van der Waals surface area contributed by atoms with Crippen molar-refractivity contribution in [1.82, 2.24) is 0 Å². The molecule has 0 amide bonds. The number of hydrogen-bond acceptors (Lipinski definition) is 0. The van der Waals surface area contributed by atoms with Crippen molar-refractivity contribution >= 4 is 17.2 Å². The van der Waals surface area contributed by atoms with Crippen LogP contribution in [0.2, 0.25) is 0 Å². The molecule has 0 N–H and O–H groups in total. The highest BCUT2D eigenvalue weighted by Gasteiger charge is 2.18. The summed E-state index contributed by atoms with van der Waals surface area (Å²) in [4.78, 5) is 0. The second-order valence-electron chi connectivity index (χ2n) is 6.68. The van der Waals surface area contributed by atoms with Crippen LogP contribution in [-0.2, 0) is 0 Å². The van der Waals surface area contributed by atoms with Gasteiger partial charge in [-0.1, -0.05) is 66.8 Å². The van der Waals surface area contributed by atoms with E-state index in [0.717, 1.165) is 12.8 Å². The van der Waals surface area contributed by atoms with Gasteiger partial charge in [0.1, 0.15) is 0 Å². The van der Waals surface area contributed by atoms with E-state index in [0.29, 0.717) is 5.92 Å². The van der Waals surface area contributed by atoms with E-state index in [2.05, 4.69) is 80.3 Å². The van der Waals surface area contributed by atoms with E-state index in [1.165, 1.54) is 39.0 Å². The highest BCUT2D eigenvalue weighted by molar-refractivity contribution is 5.90. The van der Waals surface area contributed by atoms with Gasteiger partial charge >= 0.3 is 0 Å². The molecule has 2 aliphatic rings. The molecular formula is C24H22. The predicted octanol–water partition coefficient (Wildman–Crippen LogP) is 6.55. The molecule has 2 aromatic rings. The second-order valence-corrected chi connectivity index (χ2v) is 6.68. The van der Waals surface area contributed by atoms with Gasteiger partial charge in [0.25, 0.3) is 0 Å². The molecule has 0 heterocycles. The Morgan fingerprint density at radius 3 is 2.88 bits per heavy atom. The molecule has 4 rings (SSSR count). The number of hydrogen-bond donors (Lipinski definition) is 0. The maximum atomic E-state index is 3.87. The van der Waals surface area contributed by atoms with Crippen LogP contribution in [-0.4, -0.2) is 0 Å². The van der Waals surface area contributed by atoms with E-state index in [1.54, 1.807) is 0 Å². The lowest BCUT2D eigenvalue weighted by molar-refractivity contribution is 0.881. The van der Waals surface area contributed by atoms with Crippen molar-refractivity contribution in [2.24, 2.45) is 0 Å². The molecule has 0 saturated carbocycles. The van der Waals surface area contributed by atoms with Crippen LogP contribution in [0.3, 0.4) is 0 Å². The molecule has 24 heavy (non-hydrogen) atoms. The van der Waals surface area contributed by atoms with Crippen LogP contribution in [0.1, 0.15) is 46.6 Å². The summed E-state index contributed by atoms with van der Waals surface area (Å²) in [5.74, 6) is 0.502. The lowest BCUT2D eigenvalue weighted by Crippen LogP contribution is -1.92. The summed E-state index contributed by atoms with van der Waals surface area (Å²) in [7, 11) is 0. The third-order valence-electron chi connectivity index (χ3n) is 5.11. The molecule has 2 aliphatic carbocycles. The van der Waals surface area contributed by atoms with Crippen LogP contribution >= 0.6 is 0 Å². The minimum Gasteiger partial charge on any atom is -0.103 e. The molecule has 0 fully saturated rings. The van der Waals surface area contributed by atoms with Crippen LogP contribution in [0.5, 0.6) is 0 Å². The summed E-state index contributed by atoms with van der Waals surface area (Å²) >= 11 is 0. The molecule has 1 unspecified atom stereocenters. The molecule has 0 heteroatoms. The first-order valence-corrected chi connectivity index (χ1v) is 8.66. The highest BCUT2D eigenvalue weighted by atomic mass is 14.2. The van der Waals surface area contributed by atoms with E-state index < -0.39 is 0 Å². The fraction of sp³-hybridized carbons (Fsp3) is 0.167. The van der Waals surface area contributed by atoms with E-state index in [-0.39, 0.29) is 0 Å². The van der Waals surface area contributed by atoms with E-state index in [4.69, 9.17) is 0 Å². The number of rotatable bonds is 4. The summed E-state index contributed by atoms with van der Waals surface area (Å²) in [5.41, 5.74) is 9.60. The smallest absolute Gasteiger partial charge is 0.00616 e. The average Bonchev–Trinajstić information content (AvgIpc) is 3.23. The van der Waals surface area contributed by atoms with Gasteiger partial charge in [-0.3, -0.25) is 0 Å². The molecular weight excluding hydrogens is 288 g/mol. The van der Waals surface area contributed by atoms with Gasteiger partial charge in [0.05, 0.1) is 0 Å². The molecule has 1 atom stereocenters. The normalized spacial score (nSPS) is 18.3. The first kappa shape index (κ1) is 15.0. The largest absolute Gasteiger partial charge is 0.103 e. The zero-order valence-corrected chi connectivity index (χ0v) is 14.1. The lowest BCUT2D eigenvalue weighted by atomic mass is 9.94. The summed E-state index contributed by atoms with van der Waals surface area (Å²) in [6, 6.07) is 15.5. The molecule has 0 nitrogen and oxygen atoms in total. The quantitative estimate of drug-likeness (QED) is 0.561. The number of aryl methyl sites for hydroxylation is 1. The standard InChI is InChI=1S/C24H22/c1-3-6-18-9-11-22-16-20(13-14-24(18)22)19-10-12-21(15-19)23-8-5-4-7-17(23)2/h3-5,7-11,13-16,18H,1,6,12H2,2H3. The van der Waals surface area contributed by atoms with Gasteiger partial charge in [0.15, 0.2) is 0 Å². The molecule has 2 aromatic carbocycles. The average molecular weight is 310 g/mol. The fourth-order valence-corrected chi connectivity index (χ4v) is 3.79. The predicted molar refractivity (Wildman–Crippen MR) is 105 cm³/mol. The zero-order valence-electron chi connectivity index (χ0n) is 14.1. The molecule has 0 radical (unpaired) electrons. The van der Waals surface area contributed by atoms with Crippen molar-refractivity contribution in [2.45, 2.75) is 25.7 Å². The van der Waals surface area contributed by atoms with E-state index >= 15 is 0 Å². The second kappa shape index (κ2) is 6.13. The molecule has 118 valence electrons. The summed E-state index contributed by atoms with van der Waals surface area (Å²) < 4.78 is 0. The SMILES string of the molecule is C=CCC1C=Cc2cc(C3=CCC(c4ccccc4C)=C3)ccc21. The van der Waals surface area contributed by atoms with E-state index in [1.807, 2.05) is 6.08 Å². The first-order chi connectivity index (χ1) is 11.8. The van der Waals surface area contributed by atoms with Gasteiger partial charge in [0, 0.05) is 5.92 Å². The van der Waals surface area contributed by atoms with Crippen LogP contribution in [0.15, 0.2) is 73.3 Å². The molecule has 0 spiro atoms. The van der Waals surface area contributed by atoms with Gasteiger partial charge in [-0.05, 0) is 64.8 Å². The minimum absolute atomic E-state index is 0.502. The summed E-state index contributed by atoms with van der Waals surface area (Å²) in [5, 5.41) is 0. The number of allylic oxidation sites excluding steroid dienone is 6. The Morgan fingerprint density at radius 1 is 1.17 bits per heavy atom. The van der Waals surface area contributed by atoms with Gasteiger partial charge in [-0.25, -0.2) is 0 Å². The Hall–Kier alpha value is -2.60. The van der Waals surface area contributed by atoms with E-state index in [9.17, 15) is 0 Å². The monoisotopic (exact) mass is 310 g/mol. The Kier molecular flexibility index (Phi) is 3.82. The van der Waals surface area contributed by atoms with Gasteiger partial charge in [0.2, 0.25) is 0 Å². The van der Waals surface area contributed by atoms with Gasteiger partial charge < -0.3 is 0 Å². The Bertz CT molecular complexity index is 890. The summed E-state index contributed by atoms with van der Waals surface area (Å²) in [6.45, 7) is 6.06. The Morgan fingerprint density at radius 2 is 2.04 bits per heavy atom. The Labute approximate surface area is 144 Å². The maximum absolute atomic E-state index is 3.87. The zero-order chi connectivity index (χ0) is 16.5. The summed E-state index contributed by atoms with van der Waals surface area (Å²) in [6.07, 6.45) is 13.3. The number of benzene rings is 2. The van der Waals surface area contributed by atoms with Gasteiger partial charge in [-0.15, -0.1) is 6.58 Å². The first-order valence-electron chi connectivity index (χ1n) is 8.66. The molecule has 0 saturated heterocycles. The van der Waals surface area contributed by atoms with Crippen LogP contribution in [0.25, 0.3) is 17.2 Å². The van der Waals surface area contributed by atoms with Crippen molar-refractivity contribution in [3.05, 3.63) is 101 Å². The van der Waals surface area contributed by atoms with Crippen molar-refractivity contribution < 1.29 is 0 Å². The highest BCUT2D eigenvalue weighted by Crippen LogP contribution is 2.37. The molecule has 0 aliphatic heterocycles. The van der Waals surface area contributed by atoms with Crippen molar-refractivity contribution in [1.29, 1.82) is 0 Å². The third-order valence-corrected chi connectivity index (χ3v) is 5.11. The van der Waals surface area contributed by atoms with Crippen LogP contribution < -0.4 is 0 Å². The maximum Gasteiger partial charge on any atom is 0.00616 e. The Balaban J connectivity index is 1.63. The molecule has 0 bridgehead atoms. The van der Waals surface area contributed by atoms with Crippen molar-refractivity contribution in [2.75, 3.05) is 0 Å². The van der Waals surface area contributed by atoms with Crippen molar-refractivity contribution in [3.63, 3.8) is 0 Å². The molecule has 0 aromatic heterocycles. The number of fused-ring (bicyclic) bond motifs is 1. The van der Waals surface area contributed by atoms with Crippen molar-refractivity contribution in [3.8, 4) is 0 Å².